The van der Waals surface area contributed by atoms with Crippen molar-refractivity contribution < 1.29 is 4.74 Å². The Kier molecular flexibility index (Phi) is 4.59. The third-order valence-corrected chi connectivity index (χ3v) is 3.27. The molecule has 0 radical (unpaired) electrons. The van der Waals surface area contributed by atoms with Gasteiger partial charge in [-0.15, -0.1) is 0 Å². The number of ether oxygens (including phenoxy) is 1. The molecular formula is C13H24N6O. The quantitative estimate of drug-likeness (QED) is 0.876. The van der Waals surface area contributed by atoms with Gasteiger partial charge in [-0.3, -0.25) is 0 Å². The van der Waals surface area contributed by atoms with Gasteiger partial charge in [0.1, 0.15) is 0 Å². The standard InChI is InChI=1S/C13H24N6O/c1-9(2)20-13-16-11(14)15-12(17-13)19-7-5-6-18(4)8-10(19)3/h9-10H,5-8H2,1-4H3,(H2,14,15,16,17). The van der Waals surface area contributed by atoms with Gasteiger partial charge in [0.2, 0.25) is 11.9 Å². The molecule has 1 unspecified atom stereocenters. The van der Waals surface area contributed by atoms with Crippen LogP contribution in [0.15, 0.2) is 0 Å². The number of anilines is 2. The summed E-state index contributed by atoms with van der Waals surface area (Å²) in [6.07, 6.45) is 1.09. The third kappa shape index (κ3) is 3.69. The second-order valence-electron chi connectivity index (χ2n) is 5.60. The number of likely N-dealkylation sites (N-methyl/N-ethyl adjacent to an activating group) is 1. The minimum atomic E-state index is 0.0114. The van der Waals surface area contributed by atoms with Gasteiger partial charge in [-0.2, -0.15) is 15.0 Å². The molecule has 0 aromatic carbocycles. The molecule has 20 heavy (non-hydrogen) atoms. The smallest absolute Gasteiger partial charge is 0.323 e. The van der Waals surface area contributed by atoms with Crippen molar-refractivity contribution in [1.29, 1.82) is 0 Å². The van der Waals surface area contributed by atoms with E-state index < -0.39 is 0 Å². The Labute approximate surface area is 120 Å². The summed E-state index contributed by atoms with van der Waals surface area (Å²) in [5.74, 6) is 0.811. The molecule has 0 spiro atoms. The maximum atomic E-state index is 5.77. The van der Waals surface area contributed by atoms with E-state index in [0.717, 1.165) is 26.1 Å². The highest BCUT2D eigenvalue weighted by Gasteiger charge is 2.23. The Morgan fingerprint density at radius 3 is 2.70 bits per heavy atom. The molecule has 0 bridgehead atoms. The van der Waals surface area contributed by atoms with Gasteiger partial charge in [-0.05, 0) is 40.8 Å². The van der Waals surface area contributed by atoms with Crippen molar-refractivity contribution in [1.82, 2.24) is 19.9 Å². The first-order chi connectivity index (χ1) is 9.45. The summed E-state index contributed by atoms with van der Waals surface area (Å²) < 4.78 is 5.53. The fraction of sp³-hybridized carbons (Fsp3) is 0.769. The molecule has 1 aliphatic rings. The van der Waals surface area contributed by atoms with Gasteiger partial charge in [0.05, 0.1) is 6.10 Å². The van der Waals surface area contributed by atoms with Crippen LogP contribution in [0.1, 0.15) is 27.2 Å². The van der Waals surface area contributed by atoms with E-state index in [2.05, 4.69) is 38.7 Å². The van der Waals surface area contributed by atoms with Crippen LogP contribution < -0.4 is 15.4 Å². The van der Waals surface area contributed by atoms with E-state index in [0.29, 0.717) is 18.0 Å². The molecule has 1 fully saturated rings. The number of nitrogens with zero attached hydrogens (tertiary/aromatic N) is 5. The molecule has 2 heterocycles. The molecule has 2 N–H and O–H groups in total. The monoisotopic (exact) mass is 280 g/mol. The van der Waals surface area contributed by atoms with Crippen LogP contribution in [-0.4, -0.2) is 58.7 Å². The minimum absolute atomic E-state index is 0.0114. The predicted octanol–water partition coefficient (Wildman–Crippen LogP) is 0.771. The topological polar surface area (TPSA) is 80.4 Å². The van der Waals surface area contributed by atoms with E-state index in [1.807, 2.05) is 13.8 Å². The van der Waals surface area contributed by atoms with Gasteiger partial charge in [-0.25, -0.2) is 0 Å². The number of hydrogen-bond donors (Lipinski definition) is 1. The lowest BCUT2D eigenvalue weighted by Crippen LogP contribution is -2.39. The number of nitrogen functional groups attached to an aromatic ring is 1. The number of nitrogens with two attached hydrogens (primary N) is 1. The Morgan fingerprint density at radius 1 is 1.25 bits per heavy atom. The van der Waals surface area contributed by atoms with E-state index >= 15 is 0 Å². The first kappa shape index (κ1) is 14.8. The van der Waals surface area contributed by atoms with Crippen LogP contribution in [0.25, 0.3) is 0 Å². The number of hydrogen-bond acceptors (Lipinski definition) is 7. The van der Waals surface area contributed by atoms with Crippen LogP contribution in [0.2, 0.25) is 0 Å². The molecule has 1 atom stereocenters. The average molecular weight is 280 g/mol. The van der Waals surface area contributed by atoms with Crippen LogP contribution in [0.4, 0.5) is 11.9 Å². The van der Waals surface area contributed by atoms with Gasteiger partial charge < -0.3 is 20.3 Å². The molecule has 1 aliphatic heterocycles. The second kappa shape index (κ2) is 6.21. The molecular weight excluding hydrogens is 256 g/mol. The fourth-order valence-corrected chi connectivity index (χ4v) is 2.42. The van der Waals surface area contributed by atoms with E-state index in [-0.39, 0.29) is 12.1 Å². The summed E-state index contributed by atoms with van der Waals surface area (Å²) in [5, 5.41) is 0. The van der Waals surface area contributed by atoms with Crippen molar-refractivity contribution in [3.05, 3.63) is 0 Å². The summed E-state index contributed by atoms with van der Waals surface area (Å²) in [5.41, 5.74) is 5.77. The van der Waals surface area contributed by atoms with E-state index in [4.69, 9.17) is 10.5 Å². The van der Waals surface area contributed by atoms with Crippen LogP contribution in [0.3, 0.4) is 0 Å². The lowest BCUT2D eigenvalue weighted by atomic mass is 10.3. The third-order valence-electron chi connectivity index (χ3n) is 3.27. The zero-order valence-electron chi connectivity index (χ0n) is 12.7. The summed E-state index contributed by atoms with van der Waals surface area (Å²) in [7, 11) is 2.13. The molecule has 1 aromatic heterocycles. The Balaban J connectivity index is 2.24. The maximum absolute atomic E-state index is 5.77. The first-order valence-electron chi connectivity index (χ1n) is 7.09. The zero-order valence-corrected chi connectivity index (χ0v) is 12.7. The van der Waals surface area contributed by atoms with Gasteiger partial charge in [0.15, 0.2) is 0 Å². The first-order valence-corrected chi connectivity index (χ1v) is 7.09. The van der Waals surface area contributed by atoms with Gasteiger partial charge >= 0.3 is 6.01 Å². The minimum Gasteiger partial charge on any atom is -0.461 e. The number of aromatic nitrogens is 3. The second-order valence-corrected chi connectivity index (χ2v) is 5.60. The maximum Gasteiger partial charge on any atom is 0.323 e. The van der Waals surface area contributed by atoms with E-state index in [1.165, 1.54) is 0 Å². The van der Waals surface area contributed by atoms with Gasteiger partial charge in [0.25, 0.3) is 0 Å². The van der Waals surface area contributed by atoms with Crippen molar-refractivity contribution in [3.63, 3.8) is 0 Å². The molecule has 112 valence electrons. The summed E-state index contributed by atoms with van der Waals surface area (Å²) in [6.45, 7) is 9.01. The van der Waals surface area contributed by atoms with Crippen molar-refractivity contribution >= 4 is 11.9 Å². The molecule has 7 nitrogen and oxygen atoms in total. The SMILES string of the molecule is CC(C)Oc1nc(N)nc(N2CCCN(C)CC2C)n1. The average Bonchev–Trinajstić information content (AvgIpc) is 2.48. The van der Waals surface area contributed by atoms with Crippen LogP contribution >= 0.6 is 0 Å². The Hall–Kier alpha value is -1.63. The summed E-state index contributed by atoms with van der Waals surface area (Å²) in [6, 6.07) is 0.628. The normalized spacial score (nSPS) is 21.1. The van der Waals surface area contributed by atoms with E-state index in [9.17, 15) is 0 Å². The van der Waals surface area contributed by atoms with Crippen molar-refractivity contribution in [2.45, 2.75) is 39.3 Å². The summed E-state index contributed by atoms with van der Waals surface area (Å²) >= 11 is 0. The molecule has 0 saturated carbocycles. The van der Waals surface area contributed by atoms with Crippen molar-refractivity contribution in [2.75, 3.05) is 37.3 Å². The highest BCUT2D eigenvalue weighted by molar-refractivity contribution is 5.37. The highest BCUT2D eigenvalue weighted by Crippen LogP contribution is 2.19. The van der Waals surface area contributed by atoms with Gasteiger partial charge in [0, 0.05) is 19.1 Å². The van der Waals surface area contributed by atoms with Crippen LogP contribution in [0, 0.1) is 0 Å². The summed E-state index contributed by atoms with van der Waals surface area (Å²) in [4.78, 5) is 17.2. The molecule has 1 saturated heterocycles. The zero-order chi connectivity index (χ0) is 14.7. The largest absolute Gasteiger partial charge is 0.461 e. The molecule has 7 heteroatoms. The van der Waals surface area contributed by atoms with Crippen molar-refractivity contribution in [2.24, 2.45) is 0 Å². The predicted molar refractivity (Wildman–Crippen MR) is 78.9 cm³/mol. The van der Waals surface area contributed by atoms with Crippen LogP contribution in [0.5, 0.6) is 6.01 Å². The molecule has 2 rings (SSSR count). The molecule has 0 amide bonds. The highest BCUT2D eigenvalue weighted by atomic mass is 16.5. The van der Waals surface area contributed by atoms with Crippen molar-refractivity contribution in [3.8, 4) is 6.01 Å². The molecule has 1 aromatic rings. The fourth-order valence-electron chi connectivity index (χ4n) is 2.42. The van der Waals surface area contributed by atoms with E-state index in [1.54, 1.807) is 0 Å². The number of rotatable bonds is 3. The Bertz CT molecular complexity index is 452. The van der Waals surface area contributed by atoms with Crippen LogP contribution in [-0.2, 0) is 0 Å². The molecule has 0 aliphatic carbocycles. The lowest BCUT2D eigenvalue weighted by Gasteiger charge is -2.28. The Morgan fingerprint density at radius 2 is 2.00 bits per heavy atom. The lowest BCUT2D eigenvalue weighted by molar-refractivity contribution is 0.222. The van der Waals surface area contributed by atoms with Gasteiger partial charge in [-0.1, -0.05) is 0 Å².